The van der Waals surface area contributed by atoms with Crippen LogP contribution in [0, 0.1) is 5.92 Å². The zero-order valence-electron chi connectivity index (χ0n) is 13.6. The Morgan fingerprint density at radius 2 is 2.09 bits per heavy atom. The van der Waals surface area contributed by atoms with Gasteiger partial charge in [-0.15, -0.1) is 0 Å². The standard InChI is InChI=1S/C16H24N2O3S/c1-16(2,3)18(8-9-22(4,20)21)15(19)14-10-13(14)12-6-5-7-17-11-12/h5-7,11,13-14H,8-10H2,1-4H3/t13-,14+/m1/s1. The predicted molar refractivity (Wildman–Crippen MR) is 86.3 cm³/mol. The van der Waals surface area contributed by atoms with E-state index in [2.05, 4.69) is 4.98 Å². The van der Waals surface area contributed by atoms with E-state index in [9.17, 15) is 13.2 Å². The van der Waals surface area contributed by atoms with E-state index in [0.29, 0.717) is 0 Å². The van der Waals surface area contributed by atoms with Gasteiger partial charge in [-0.25, -0.2) is 8.42 Å². The summed E-state index contributed by atoms with van der Waals surface area (Å²) in [6, 6.07) is 3.86. The minimum absolute atomic E-state index is 0.000287. The lowest BCUT2D eigenvalue weighted by Crippen LogP contribution is -2.48. The highest BCUT2D eigenvalue weighted by Gasteiger charge is 2.47. The average molecular weight is 324 g/mol. The fourth-order valence-corrected chi connectivity index (χ4v) is 3.18. The van der Waals surface area contributed by atoms with Crippen molar-refractivity contribution < 1.29 is 13.2 Å². The SMILES string of the molecule is CC(C)(C)N(CCS(C)(=O)=O)C(=O)[C@H]1C[C@@H]1c1cccnc1. The summed E-state index contributed by atoms with van der Waals surface area (Å²) in [7, 11) is -3.09. The molecule has 1 aromatic heterocycles. The second-order valence-electron chi connectivity index (χ2n) is 7.03. The Balaban J connectivity index is 2.08. The monoisotopic (exact) mass is 324 g/mol. The molecule has 0 aromatic carbocycles. The van der Waals surface area contributed by atoms with Crippen LogP contribution in [0.15, 0.2) is 24.5 Å². The van der Waals surface area contributed by atoms with E-state index in [-0.39, 0.29) is 35.6 Å². The molecule has 1 aliphatic rings. The summed E-state index contributed by atoms with van der Waals surface area (Å²) in [5.41, 5.74) is 0.696. The Kier molecular flexibility index (Phi) is 4.61. The van der Waals surface area contributed by atoms with Gasteiger partial charge in [-0.1, -0.05) is 6.07 Å². The van der Waals surface area contributed by atoms with Gasteiger partial charge in [-0.2, -0.15) is 0 Å². The third kappa shape index (κ3) is 4.29. The van der Waals surface area contributed by atoms with Gasteiger partial charge in [-0.05, 0) is 44.7 Å². The van der Waals surface area contributed by atoms with Crippen LogP contribution in [0.2, 0.25) is 0 Å². The second kappa shape index (κ2) is 5.99. The van der Waals surface area contributed by atoms with Crippen molar-refractivity contribution >= 4 is 15.7 Å². The van der Waals surface area contributed by atoms with Crippen LogP contribution >= 0.6 is 0 Å². The van der Waals surface area contributed by atoms with E-state index in [0.717, 1.165) is 12.0 Å². The smallest absolute Gasteiger partial charge is 0.226 e. The lowest BCUT2D eigenvalue weighted by molar-refractivity contribution is -0.137. The molecular formula is C16H24N2O3S. The fraction of sp³-hybridized carbons (Fsp3) is 0.625. The maximum absolute atomic E-state index is 12.8. The first-order chi connectivity index (χ1) is 10.1. The van der Waals surface area contributed by atoms with E-state index in [1.807, 2.05) is 32.9 Å². The molecule has 0 unspecified atom stereocenters. The fourth-order valence-electron chi connectivity index (χ4n) is 2.67. The summed E-state index contributed by atoms with van der Waals surface area (Å²) < 4.78 is 22.8. The summed E-state index contributed by atoms with van der Waals surface area (Å²) in [4.78, 5) is 18.6. The second-order valence-corrected chi connectivity index (χ2v) is 9.29. The van der Waals surface area contributed by atoms with Gasteiger partial charge in [0, 0.05) is 36.7 Å². The summed E-state index contributed by atoms with van der Waals surface area (Å²) in [6.07, 6.45) is 5.54. The number of hydrogen-bond donors (Lipinski definition) is 0. The van der Waals surface area contributed by atoms with Crippen molar-refractivity contribution in [2.75, 3.05) is 18.6 Å². The topological polar surface area (TPSA) is 67.3 Å². The number of nitrogens with zero attached hydrogens (tertiary/aromatic N) is 2. The molecule has 1 heterocycles. The molecule has 0 spiro atoms. The van der Waals surface area contributed by atoms with Crippen LogP contribution in [0.4, 0.5) is 0 Å². The maximum atomic E-state index is 12.8. The molecule has 2 rings (SSSR count). The normalized spacial score (nSPS) is 21.5. The van der Waals surface area contributed by atoms with Crippen molar-refractivity contribution in [2.24, 2.45) is 5.92 Å². The molecule has 1 aliphatic carbocycles. The predicted octanol–water partition coefficient (Wildman–Crippen LogP) is 1.86. The van der Waals surface area contributed by atoms with Crippen molar-refractivity contribution in [1.29, 1.82) is 0 Å². The molecule has 2 atom stereocenters. The Labute approximate surface area is 132 Å². The van der Waals surface area contributed by atoms with Crippen LogP contribution in [0.25, 0.3) is 0 Å². The van der Waals surface area contributed by atoms with Gasteiger partial charge >= 0.3 is 0 Å². The molecule has 122 valence electrons. The van der Waals surface area contributed by atoms with Gasteiger partial charge in [0.15, 0.2) is 0 Å². The zero-order chi connectivity index (χ0) is 16.5. The zero-order valence-corrected chi connectivity index (χ0v) is 14.4. The summed E-state index contributed by atoms with van der Waals surface area (Å²) in [6.45, 7) is 6.06. The molecule has 0 N–H and O–H groups in total. The van der Waals surface area contributed by atoms with Gasteiger partial charge in [-0.3, -0.25) is 9.78 Å². The number of hydrogen-bond acceptors (Lipinski definition) is 4. The van der Waals surface area contributed by atoms with E-state index < -0.39 is 9.84 Å². The molecule has 1 amide bonds. The molecule has 0 aliphatic heterocycles. The number of sulfone groups is 1. The van der Waals surface area contributed by atoms with Gasteiger partial charge in [0.1, 0.15) is 9.84 Å². The average Bonchev–Trinajstić information content (AvgIpc) is 3.17. The quantitative estimate of drug-likeness (QED) is 0.829. The molecule has 1 saturated carbocycles. The molecular weight excluding hydrogens is 300 g/mol. The Morgan fingerprint density at radius 1 is 1.41 bits per heavy atom. The maximum Gasteiger partial charge on any atom is 0.226 e. The van der Waals surface area contributed by atoms with Gasteiger partial charge in [0.25, 0.3) is 0 Å². The molecule has 0 saturated heterocycles. The molecule has 0 radical (unpaired) electrons. The number of aromatic nitrogens is 1. The van der Waals surface area contributed by atoms with Gasteiger partial charge in [0.2, 0.25) is 5.91 Å². The Morgan fingerprint density at radius 3 is 2.59 bits per heavy atom. The van der Waals surface area contributed by atoms with E-state index in [1.54, 1.807) is 17.3 Å². The van der Waals surface area contributed by atoms with E-state index >= 15 is 0 Å². The van der Waals surface area contributed by atoms with Crippen LogP contribution in [0.1, 0.15) is 38.7 Å². The summed E-state index contributed by atoms with van der Waals surface area (Å²) >= 11 is 0. The first-order valence-electron chi connectivity index (χ1n) is 7.49. The third-order valence-electron chi connectivity index (χ3n) is 3.98. The van der Waals surface area contributed by atoms with Crippen molar-refractivity contribution in [3.8, 4) is 0 Å². The highest BCUT2D eigenvalue weighted by molar-refractivity contribution is 7.90. The highest BCUT2D eigenvalue weighted by atomic mass is 32.2. The van der Waals surface area contributed by atoms with Crippen molar-refractivity contribution in [3.63, 3.8) is 0 Å². The summed E-state index contributed by atoms with van der Waals surface area (Å²) in [5, 5.41) is 0. The van der Waals surface area contributed by atoms with E-state index in [1.165, 1.54) is 6.26 Å². The molecule has 1 fully saturated rings. The molecule has 6 heteroatoms. The largest absolute Gasteiger partial charge is 0.337 e. The van der Waals surface area contributed by atoms with Gasteiger partial charge in [0.05, 0.1) is 5.75 Å². The minimum atomic E-state index is -3.09. The first-order valence-corrected chi connectivity index (χ1v) is 9.55. The number of carbonyl (C=O) groups excluding carboxylic acids is 1. The molecule has 5 nitrogen and oxygen atoms in total. The van der Waals surface area contributed by atoms with Crippen LogP contribution in [0.3, 0.4) is 0 Å². The lowest BCUT2D eigenvalue weighted by Gasteiger charge is -2.36. The molecule has 1 aromatic rings. The van der Waals surface area contributed by atoms with Crippen molar-refractivity contribution in [1.82, 2.24) is 9.88 Å². The van der Waals surface area contributed by atoms with Gasteiger partial charge < -0.3 is 4.90 Å². The Hall–Kier alpha value is -1.43. The van der Waals surface area contributed by atoms with Crippen LogP contribution in [-0.4, -0.2) is 48.3 Å². The highest BCUT2D eigenvalue weighted by Crippen LogP contribution is 2.48. The summed E-state index contributed by atoms with van der Waals surface area (Å²) in [5.74, 6) is 0.206. The molecule has 0 bridgehead atoms. The van der Waals surface area contributed by atoms with Crippen LogP contribution < -0.4 is 0 Å². The van der Waals surface area contributed by atoms with Crippen LogP contribution in [0.5, 0.6) is 0 Å². The van der Waals surface area contributed by atoms with Crippen molar-refractivity contribution in [2.45, 2.75) is 38.6 Å². The Bertz CT molecular complexity index is 635. The minimum Gasteiger partial charge on any atom is -0.337 e. The van der Waals surface area contributed by atoms with Crippen LogP contribution in [-0.2, 0) is 14.6 Å². The number of carbonyl (C=O) groups is 1. The first kappa shape index (κ1) is 16.9. The van der Waals surface area contributed by atoms with E-state index in [4.69, 9.17) is 0 Å². The lowest BCUT2D eigenvalue weighted by atomic mass is 10.0. The van der Waals surface area contributed by atoms with Crippen molar-refractivity contribution in [3.05, 3.63) is 30.1 Å². The number of pyridine rings is 1. The number of amides is 1. The third-order valence-corrected chi connectivity index (χ3v) is 4.91. The number of rotatable bonds is 5. The molecule has 22 heavy (non-hydrogen) atoms.